The van der Waals surface area contributed by atoms with Crippen molar-refractivity contribution in [3.05, 3.63) is 0 Å². The fraction of sp³-hybridized carbons (Fsp3) is 0.812. The first-order chi connectivity index (χ1) is 10.7. The quantitative estimate of drug-likeness (QED) is 0.422. The van der Waals surface area contributed by atoms with Gasteiger partial charge in [0, 0.05) is 19.3 Å². The van der Waals surface area contributed by atoms with Crippen LogP contribution in [0.3, 0.4) is 0 Å². The summed E-state index contributed by atoms with van der Waals surface area (Å²) in [5.74, 6) is -4.56. The number of aliphatic carboxylic acids is 2. The lowest BCUT2D eigenvalue weighted by Crippen LogP contribution is -2.38. The highest BCUT2D eigenvalue weighted by Gasteiger charge is 2.33. The van der Waals surface area contributed by atoms with Crippen LogP contribution in [-0.2, 0) is 14.4 Å². The largest absolute Gasteiger partial charge is 0.481 e. The number of carbonyl (C=O) groups excluding carboxylic acids is 1. The van der Waals surface area contributed by atoms with Gasteiger partial charge in [0.05, 0.1) is 6.42 Å². The molecule has 0 unspecified atom stereocenters. The van der Waals surface area contributed by atoms with Crippen LogP contribution in [-0.4, -0.2) is 43.9 Å². The summed E-state index contributed by atoms with van der Waals surface area (Å²) in [4.78, 5) is 32.7. The number of carboxylic acid groups (broad SMARTS) is 2. The first-order valence-corrected chi connectivity index (χ1v) is 8.14. The van der Waals surface area contributed by atoms with Crippen molar-refractivity contribution in [2.24, 2.45) is 11.8 Å². The molecule has 0 bridgehead atoms. The molecule has 0 aromatic rings. The fourth-order valence-electron chi connectivity index (χ4n) is 3.31. The SMILES string of the molecule is O=C(O)CCC(=O)CC[C@H]1CCC[C@@H]1CCCC(O)(O)C(=O)O. The Labute approximate surface area is 135 Å². The van der Waals surface area contributed by atoms with E-state index < -0.39 is 17.7 Å². The monoisotopic (exact) mass is 330 g/mol. The molecule has 7 heteroatoms. The molecule has 0 radical (unpaired) electrons. The molecule has 2 atom stereocenters. The van der Waals surface area contributed by atoms with Crippen LogP contribution in [0.15, 0.2) is 0 Å². The van der Waals surface area contributed by atoms with E-state index in [4.69, 9.17) is 10.2 Å². The predicted molar refractivity (Wildman–Crippen MR) is 80.6 cm³/mol. The molecule has 4 N–H and O–H groups in total. The van der Waals surface area contributed by atoms with Gasteiger partial charge in [-0.15, -0.1) is 0 Å². The average Bonchev–Trinajstić information content (AvgIpc) is 2.90. The molecule has 132 valence electrons. The van der Waals surface area contributed by atoms with E-state index in [2.05, 4.69) is 0 Å². The van der Waals surface area contributed by atoms with Gasteiger partial charge < -0.3 is 20.4 Å². The van der Waals surface area contributed by atoms with Gasteiger partial charge in [0.15, 0.2) is 0 Å². The molecule has 1 aliphatic carbocycles. The van der Waals surface area contributed by atoms with Gasteiger partial charge in [-0.1, -0.05) is 19.3 Å². The molecule has 1 rings (SSSR count). The van der Waals surface area contributed by atoms with Crippen LogP contribution < -0.4 is 0 Å². The van der Waals surface area contributed by atoms with E-state index in [0.29, 0.717) is 31.1 Å². The lowest BCUT2D eigenvalue weighted by Gasteiger charge is -2.21. The molecule has 0 aromatic heterocycles. The lowest BCUT2D eigenvalue weighted by molar-refractivity contribution is -0.206. The van der Waals surface area contributed by atoms with E-state index in [1.165, 1.54) is 0 Å². The standard InChI is InChI=1S/C16H26O7/c17-13(8-9-14(18)19)7-6-12-4-1-3-11(12)5-2-10-16(22,23)15(20)21/h11-12,22-23H,1-10H2,(H,18,19)(H,20,21)/t11-,12-/m1/s1. The Morgan fingerprint density at radius 3 is 2.09 bits per heavy atom. The normalized spacial score (nSPS) is 21.3. The van der Waals surface area contributed by atoms with Gasteiger partial charge in [-0.2, -0.15) is 0 Å². The zero-order chi connectivity index (χ0) is 17.5. The molecule has 7 nitrogen and oxygen atoms in total. The zero-order valence-electron chi connectivity index (χ0n) is 13.2. The smallest absolute Gasteiger partial charge is 0.364 e. The first kappa shape index (κ1) is 19.6. The summed E-state index contributed by atoms with van der Waals surface area (Å²) in [5, 5.41) is 35.7. The minimum Gasteiger partial charge on any atom is -0.481 e. The number of ketones is 1. The van der Waals surface area contributed by atoms with E-state index in [0.717, 1.165) is 25.7 Å². The van der Waals surface area contributed by atoms with Crippen molar-refractivity contribution in [2.75, 3.05) is 0 Å². The van der Waals surface area contributed by atoms with Gasteiger partial charge in [-0.25, -0.2) is 4.79 Å². The van der Waals surface area contributed by atoms with E-state index in [1.807, 2.05) is 0 Å². The summed E-state index contributed by atoms with van der Waals surface area (Å²) in [6.45, 7) is 0. The highest BCUT2D eigenvalue weighted by atomic mass is 16.5. The van der Waals surface area contributed by atoms with Crippen LogP contribution in [0.4, 0.5) is 0 Å². The number of aliphatic hydroxyl groups is 2. The highest BCUT2D eigenvalue weighted by Crippen LogP contribution is 2.38. The second-order valence-electron chi connectivity index (χ2n) is 6.44. The van der Waals surface area contributed by atoms with Crippen molar-refractivity contribution < 1.29 is 34.8 Å². The van der Waals surface area contributed by atoms with Crippen LogP contribution in [0.25, 0.3) is 0 Å². The van der Waals surface area contributed by atoms with Gasteiger partial charge in [0.25, 0.3) is 5.79 Å². The van der Waals surface area contributed by atoms with Crippen molar-refractivity contribution in [1.29, 1.82) is 0 Å². The Bertz CT molecular complexity index is 430. The Morgan fingerprint density at radius 1 is 0.913 bits per heavy atom. The first-order valence-electron chi connectivity index (χ1n) is 8.14. The van der Waals surface area contributed by atoms with Gasteiger partial charge in [-0.3, -0.25) is 9.59 Å². The topological polar surface area (TPSA) is 132 Å². The molecule has 1 saturated carbocycles. The molecular formula is C16H26O7. The van der Waals surface area contributed by atoms with Crippen molar-refractivity contribution in [1.82, 2.24) is 0 Å². The summed E-state index contributed by atoms with van der Waals surface area (Å²) in [7, 11) is 0. The van der Waals surface area contributed by atoms with Crippen molar-refractivity contribution in [3.63, 3.8) is 0 Å². The molecule has 0 amide bonds. The van der Waals surface area contributed by atoms with E-state index in [9.17, 15) is 24.6 Å². The van der Waals surface area contributed by atoms with Gasteiger partial charge in [0.1, 0.15) is 5.78 Å². The maximum absolute atomic E-state index is 11.6. The van der Waals surface area contributed by atoms with E-state index >= 15 is 0 Å². The van der Waals surface area contributed by atoms with Crippen molar-refractivity contribution in [3.8, 4) is 0 Å². The number of rotatable bonds is 11. The maximum Gasteiger partial charge on any atom is 0.364 e. The third kappa shape index (κ3) is 7.09. The molecule has 0 saturated heterocycles. The number of carbonyl (C=O) groups is 3. The number of Topliss-reactive ketones (excluding diaryl/α,β-unsaturated/α-hetero) is 1. The van der Waals surface area contributed by atoms with Gasteiger partial charge in [-0.05, 0) is 31.1 Å². The molecule has 1 aliphatic rings. The third-order valence-electron chi connectivity index (χ3n) is 4.67. The van der Waals surface area contributed by atoms with Crippen molar-refractivity contribution in [2.45, 2.75) is 70.0 Å². The predicted octanol–water partition coefficient (Wildman–Crippen LogP) is 1.55. The number of hydrogen-bond donors (Lipinski definition) is 4. The maximum atomic E-state index is 11.6. The molecule has 0 aromatic carbocycles. The Hall–Kier alpha value is -1.47. The third-order valence-corrected chi connectivity index (χ3v) is 4.67. The molecular weight excluding hydrogens is 304 g/mol. The van der Waals surface area contributed by atoms with Crippen molar-refractivity contribution >= 4 is 17.7 Å². The molecule has 0 spiro atoms. The lowest BCUT2D eigenvalue weighted by atomic mass is 9.86. The van der Waals surface area contributed by atoms with Crippen LogP contribution in [0.5, 0.6) is 0 Å². The Morgan fingerprint density at radius 2 is 1.52 bits per heavy atom. The highest BCUT2D eigenvalue weighted by molar-refractivity contribution is 5.82. The molecule has 23 heavy (non-hydrogen) atoms. The summed E-state index contributed by atoms with van der Waals surface area (Å²) in [6, 6.07) is 0. The number of hydrogen-bond acceptors (Lipinski definition) is 5. The van der Waals surface area contributed by atoms with Crippen LogP contribution in [0.1, 0.15) is 64.2 Å². The summed E-state index contributed by atoms with van der Waals surface area (Å²) >= 11 is 0. The second-order valence-corrected chi connectivity index (χ2v) is 6.44. The van der Waals surface area contributed by atoms with Gasteiger partial charge in [0.2, 0.25) is 0 Å². The van der Waals surface area contributed by atoms with Crippen LogP contribution >= 0.6 is 0 Å². The summed E-state index contributed by atoms with van der Waals surface area (Å²) in [5.41, 5.74) is 0. The zero-order valence-corrected chi connectivity index (χ0v) is 13.2. The molecule has 1 fully saturated rings. The minimum absolute atomic E-state index is 0.0336. The fourth-order valence-corrected chi connectivity index (χ4v) is 3.31. The average molecular weight is 330 g/mol. The number of carboxylic acids is 2. The van der Waals surface area contributed by atoms with Crippen LogP contribution in [0.2, 0.25) is 0 Å². The second kappa shape index (κ2) is 8.98. The van der Waals surface area contributed by atoms with Gasteiger partial charge >= 0.3 is 11.9 Å². The van der Waals surface area contributed by atoms with E-state index in [1.54, 1.807) is 0 Å². The minimum atomic E-state index is -2.67. The Kier molecular flexibility index (Phi) is 7.64. The van der Waals surface area contributed by atoms with Crippen LogP contribution in [0, 0.1) is 11.8 Å². The summed E-state index contributed by atoms with van der Waals surface area (Å²) < 4.78 is 0. The molecule has 0 aliphatic heterocycles. The van der Waals surface area contributed by atoms with E-state index in [-0.39, 0.29) is 25.0 Å². The summed E-state index contributed by atoms with van der Waals surface area (Å²) in [6.07, 6.45) is 5.05. The molecule has 0 heterocycles. The Balaban J connectivity index is 2.30.